The van der Waals surface area contributed by atoms with Gasteiger partial charge in [0.1, 0.15) is 11.5 Å². The first-order chi connectivity index (χ1) is 10.1. The minimum atomic E-state index is -0.516. The second kappa shape index (κ2) is 6.39. The Morgan fingerprint density at radius 3 is 2.52 bits per heavy atom. The summed E-state index contributed by atoms with van der Waals surface area (Å²) < 4.78 is 26.1. The highest BCUT2D eigenvalue weighted by atomic mass is 19.1. The number of methoxy groups -OCH3 is 2. The minimum absolute atomic E-state index is 0.213. The highest BCUT2D eigenvalue weighted by Crippen LogP contribution is 2.35. The Bertz CT molecular complexity index is 653. The molecule has 2 aromatic rings. The van der Waals surface area contributed by atoms with Gasteiger partial charge in [-0.05, 0) is 12.5 Å². The Kier molecular flexibility index (Phi) is 4.57. The third-order valence-electron chi connectivity index (χ3n) is 3.10. The fourth-order valence-electron chi connectivity index (χ4n) is 2.11. The zero-order chi connectivity index (χ0) is 15.4. The lowest BCUT2D eigenvalue weighted by molar-refractivity contribution is 0.112. The number of hydrogen-bond acceptors (Lipinski definition) is 4. The molecule has 0 N–H and O–H groups in total. The molecule has 0 aliphatic rings. The maximum Gasteiger partial charge on any atom is 0.163 e. The SMILES string of the molecule is CCCn1cc(C=O)c(-c2cc(OC)c(OC)cc2F)n1. The maximum absolute atomic E-state index is 14.2. The van der Waals surface area contributed by atoms with Crippen molar-refractivity contribution in [3.8, 4) is 22.8 Å². The molecule has 0 radical (unpaired) electrons. The van der Waals surface area contributed by atoms with Crippen LogP contribution >= 0.6 is 0 Å². The van der Waals surface area contributed by atoms with E-state index in [1.807, 2.05) is 6.92 Å². The number of ether oxygens (including phenoxy) is 2. The van der Waals surface area contributed by atoms with E-state index in [2.05, 4.69) is 5.10 Å². The van der Waals surface area contributed by atoms with Gasteiger partial charge in [-0.25, -0.2) is 4.39 Å². The van der Waals surface area contributed by atoms with Gasteiger partial charge < -0.3 is 9.47 Å². The number of hydrogen-bond donors (Lipinski definition) is 0. The summed E-state index contributed by atoms with van der Waals surface area (Å²) in [6.45, 7) is 2.66. The average Bonchev–Trinajstić information content (AvgIpc) is 2.90. The zero-order valence-electron chi connectivity index (χ0n) is 12.2. The number of rotatable bonds is 6. The number of carbonyl (C=O) groups excluding carboxylic acids is 1. The van der Waals surface area contributed by atoms with Gasteiger partial charge in [-0.1, -0.05) is 6.92 Å². The largest absolute Gasteiger partial charge is 0.493 e. The number of benzene rings is 1. The molecule has 21 heavy (non-hydrogen) atoms. The van der Waals surface area contributed by atoms with Crippen LogP contribution in [0.2, 0.25) is 0 Å². The van der Waals surface area contributed by atoms with Crippen molar-refractivity contribution >= 4 is 6.29 Å². The molecular weight excluding hydrogens is 275 g/mol. The lowest BCUT2D eigenvalue weighted by Gasteiger charge is -2.10. The number of carbonyl (C=O) groups is 1. The summed E-state index contributed by atoms with van der Waals surface area (Å²) >= 11 is 0. The van der Waals surface area contributed by atoms with Gasteiger partial charge in [-0.15, -0.1) is 0 Å². The maximum atomic E-state index is 14.2. The fraction of sp³-hybridized carbons (Fsp3) is 0.333. The first-order valence-corrected chi connectivity index (χ1v) is 6.59. The molecule has 0 amide bonds. The molecule has 5 nitrogen and oxygen atoms in total. The molecule has 0 saturated heterocycles. The number of halogens is 1. The van der Waals surface area contributed by atoms with Crippen molar-refractivity contribution in [1.82, 2.24) is 9.78 Å². The van der Waals surface area contributed by atoms with Crippen LogP contribution in [0, 0.1) is 5.82 Å². The Labute approximate surface area is 122 Å². The van der Waals surface area contributed by atoms with Crippen molar-refractivity contribution in [2.24, 2.45) is 0 Å². The predicted molar refractivity (Wildman–Crippen MR) is 76.4 cm³/mol. The summed E-state index contributed by atoms with van der Waals surface area (Å²) in [6.07, 6.45) is 3.15. The number of aryl methyl sites for hydroxylation is 1. The van der Waals surface area contributed by atoms with Gasteiger partial charge in [0.25, 0.3) is 0 Å². The Balaban J connectivity index is 2.57. The summed E-state index contributed by atoms with van der Waals surface area (Å²) in [6, 6.07) is 2.71. The summed E-state index contributed by atoms with van der Waals surface area (Å²) in [5, 5.41) is 4.28. The van der Waals surface area contributed by atoms with Crippen LogP contribution in [0.1, 0.15) is 23.7 Å². The molecule has 112 valence electrons. The second-order valence-electron chi connectivity index (χ2n) is 4.50. The topological polar surface area (TPSA) is 53.4 Å². The third kappa shape index (κ3) is 2.89. The van der Waals surface area contributed by atoms with Crippen molar-refractivity contribution in [1.29, 1.82) is 0 Å². The number of nitrogens with zero attached hydrogens (tertiary/aromatic N) is 2. The molecule has 0 saturated carbocycles. The molecular formula is C15H17FN2O3. The molecule has 1 aromatic carbocycles. The van der Waals surface area contributed by atoms with Gasteiger partial charge in [0.05, 0.1) is 19.8 Å². The summed E-state index contributed by atoms with van der Waals surface area (Å²) in [7, 11) is 2.90. The molecule has 1 aromatic heterocycles. The highest BCUT2D eigenvalue weighted by Gasteiger charge is 2.18. The van der Waals surface area contributed by atoms with Gasteiger partial charge >= 0.3 is 0 Å². The molecule has 0 atom stereocenters. The van der Waals surface area contributed by atoms with E-state index < -0.39 is 5.82 Å². The normalized spacial score (nSPS) is 10.5. The second-order valence-corrected chi connectivity index (χ2v) is 4.50. The average molecular weight is 292 g/mol. The third-order valence-corrected chi connectivity index (χ3v) is 3.10. The summed E-state index contributed by atoms with van der Waals surface area (Å²) in [4.78, 5) is 11.2. The lowest BCUT2D eigenvalue weighted by atomic mass is 10.1. The number of aldehydes is 1. The van der Waals surface area contributed by atoms with E-state index in [0.29, 0.717) is 35.6 Å². The molecule has 0 spiro atoms. The van der Waals surface area contributed by atoms with Gasteiger partial charge in [0, 0.05) is 24.4 Å². The van der Waals surface area contributed by atoms with Crippen LogP contribution in [0.4, 0.5) is 4.39 Å². The van der Waals surface area contributed by atoms with Crippen molar-refractivity contribution in [2.45, 2.75) is 19.9 Å². The lowest BCUT2D eigenvalue weighted by Crippen LogP contribution is -1.98. The van der Waals surface area contributed by atoms with E-state index in [-0.39, 0.29) is 5.56 Å². The predicted octanol–water partition coefficient (Wildman–Crippen LogP) is 2.93. The molecule has 0 aliphatic carbocycles. The van der Waals surface area contributed by atoms with E-state index in [9.17, 15) is 9.18 Å². The first-order valence-electron chi connectivity index (χ1n) is 6.59. The van der Waals surface area contributed by atoms with Gasteiger partial charge in [0.15, 0.2) is 17.8 Å². The van der Waals surface area contributed by atoms with Crippen LogP contribution in [0.3, 0.4) is 0 Å². The summed E-state index contributed by atoms with van der Waals surface area (Å²) in [5.74, 6) is 0.160. The van der Waals surface area contributed by atoms with Crippen LogP contribution in [0.25, 0.3) is 11.3 Å². The Morgan fingerprint density at radius 1 is 1.29 bits per heavy atom. The molecule has 0 bridgehead atoms. The number of aromatic nitrogens is 2. The monoisotopic (exact) mass is 292 g/mol. The Hall–Kier alpha value is -2.37. The Morgan fingerprint density at radius 2 is 1.95 bits per heavy atom. The van der Waals surface area contributed by atoms with E-state index in [1.165, 1.54) is 26.4 Å². The summed E-state index contributed by atoms with van der Waals surface area (Å²) in [5.41, 5.74) is 0.857. The quantitative estimate of drug-likeness (QED) is 0.768. The molecule has 0 unspecified atom stereocenters. The van der Waals surface area contributed by atoms with Gasteiger partial charge in [-0.3, -0.25) is 9.48 Å². The molecule has 2 rings (SSSR count). The standard InChI is InChI=1S/C15H17FN2O3/c1-4-5-18-8-10(9-19)15(17-18)11-6-13(20-2)14(21-3)7-12(11)16/h6-9H,4-5H2,1-3H3. The van der Waals surface area contributed by atoms with Crippen molar-refractivity contribution in [3.05, 3.63) is 29.7 Å². The smallest absolute Gasteiger partial charge is 0.163 e. The molecule has 1 heterocycles. The molecule has 0 aliphatic heterocycles. The van der Waals surface area contributed by atoms with Crippen LogP contribution in [-0.2, 0) is 6.54 Å². The van der Waals surface area contributed by atoms with Crippen LogP contribution < -0.4 is 9.47 Å². The zero-order valence-corrected chi connectivity index (χ0v) is 12.2. The van der Waals surface area contributed by atoms with Crippen LogP contribution in [0.5, 0.6) is 11.5 Å². The van der Waals surface area contributed by atoms with Crippen LogP contribution in [-0.4, -0.2) is 30.3 Å². The van der Waals surface area contributed by atoms with E-state index in [1.54, 1.807) is 10.9 Å². The van der Waals surface area contributed by atoms with E-state index >= 15 is 0 Å². The van der Waals surface area contributed by atoms with Crippen molar-refractivity contribution in [3.63, 3.8) is 0 Å². The van der Waals surface area contributed by atoms with E-state index in [0.717, 1.165) is 6.42 Å². The van der Waals surface area contributed by atoms with E-state index in [4.69, 9.17) is 9.47 Å². The van der Waals surface area contributed by atoms with Gasteiger partial charge in [-0.2, -0.15) is 5.10 Å². The minimum Gasteiger partial charge on any atom is -0.493 e. The highest BCUT2D eigenvalue weighted by molar-refractivity contribution is 5.86. The van der Waals surface area contributed by atoms with Crippen molar-refractivity contribution < 1.29 is 18.7 Å². The first kappa shape index (κ1) is 15.0. The molecule has 6 heteroatoms. The van der Waals surface area contributed by atoms with Gasteiger partial charge in [0.2, 0.25) is 0 Å². The van der Waals surface area contributed by atoms with Crippen LogP contribution in [0.15, 0.2) is 18.3 Å². The fourth-order valence-corrected chi connectivity index (χ4v) is 2.11. The molecule has 0 fully saturated rings. The van der Waals surface area contributed by atoms with Crippen molar-refractivity contribution in [2.75, 3.05) is 14.2 Å².